The molecule has 2 N–H and O–H groups in total. The number of piperidine rings is 1. The highest BCUT2D eigenvalue weighted by atomic mass is 16.5. The first-order valence-electron chi connectivity index (χ1n) is 5.81. The lowest BCUT2D eigenvalue weighted by Gasteiger charge is -2.24. The minimum atomic E-state index is 0.0583. The number of pyridine rings is 1. The van der Waals surface area contributed by atoms with E-state index >= 15 is 0 Å². The van der Waals surface area contributed by atoms with Gasteiger partial charge in [0.15, 0.2) is 6.61 Å². The summed E-state index contributed by atoms with van der Waals surface area (Å²) in [5.41, 5.74) is 0. The molecule has 0 unspecified atom stereocenters. The molecule has 5 nitrogen and oxygen atoms in total. The van der Waals surface area contributed by atoms with E-state index in [4.69, 9.17) is 10.00 Å². The van der Waals surface area contributed by atoms with Crippen LogP contribution in [0, 0.1) is 11.3 Å². The Morgan fingerprint density at radius 1 is 1.47 bits per heavy atom. The van der Waals surface area contributed by atoms with Crippen LogP contribution in [0.25, 0.3) is 0 Å². The van der Waals surface area contributed by atoms with Crippen LogP contribution in [0.15, 0.2) is 18.3 Å². The normalized spacial score (nSPS) is 16.2. The number of nitrogens with zero attached hydrogens (tertiary/aromatic N) is 2. The van der Waals surface area contributed by atoms with Gasteiger partial charge in [0.25, 0.3) is 0 Å². The third kappa shape index (κ3) is 3.61. The lowest BCUT2D eigenvalue weighted by atomic mass is 10.1. The highest BCUT2D eigenvalue weighted by Crippen LogP contribution is 2.15. The third-order valence-corrected chi connectivity index (χ3v) is 2.73. The zero-order valence-corrected chi connectivity index (χ0v) is 9.65. The molecule has 1 saturated heterocycles. The molecule has 2 rings (SSSR count). The lowest BCUT2D eigenvalue weighted by Crippen LogP contribution is -2.35. The molecule has 0 aliphatic carbocycles. The van der Waals surface area contributed by atoms with E-state index in [2.05, 4.69) is 15.6 Å². The van der Waals surface area contributed by atoms with Gasteiger partial charge in [-0.1, -0.05) is 0 Å². The highest BCUT2D eigenvalue weighted by Gasteiger charge is 2.12. The number of hydrogen-bond donors (Lipinski definition) is 2. The van der Waals surface area contributed by atoms with E-state index in [0.717, 1.165) is 31.7 Å². The van der Waals surface area contributed by atoms with Crippen LogP contribution in [-0.4, -0.2) is 30.7 Å². The zero-order valence-electron chi connectivity index (χ0n) is 9.65. The third-order valence-electron chi connectivity index (χ3n) is 2.73. The molecule has 2 heterocycles. The minimum absolute atomic E-state index is 0.0583. The number of ether oxygens (including phenoxy) is 1. The van der Waals surface area contributed by atoms with E-state index < -0.39 is 0 Å². The Kier molecular flexibility index (Phi) is 4.17. The van der Waals surface area contributed by atoms with Gasteiger partial charge >= 0.3 is 0 Å². The first-order chi connectivity index (χ1) is 8.38. The van der Waals surface area contributed by atoms with Crippen LogP contribution in [-0.2, 0) is 0 Å². The maximum atomic E-state index is 8.38. The summed E-state index contributed by atoms with van der Waals surface area (Å²) in [5.74, 6) is 1.49. The van der Waals surface area contributed by atoms with Crippen LogP contribution in [0.1, 0.15) is 12.8 Å². The Labute approximate surface area is 101 Å². The Hall–Kier alpha value is -1.80. The van der Waals surface area contributed by atoms with Crippen molar-refractivity contribution in [3.05, 3.63) is 18.3 Å². The molecule has 0 aromatic carbocycles. The quantitative estimate of drug-likeness (QED) is 0.815. The number of nitriles is 1. The van der Waals surface area contributed by atoms with Crippen molar-refractivity contribution in [2.24, 2.45) is 0 Å². The molecule has 0 amide bonds. The van der Waals surface area contributed by atoms with E-state index in [-0.39, 0.29) is 6.61 Å². The van der Waals surface area contributed by atoms with Gasteiger partial charge in [0.05, 0.1) is 6.20 Å². The van der Waals surface area contributed by atoms with E-state index in [9.17, 15) is 0 Å². The summed E-state index contributed by atoms with van der Waals surface area (Å²) in [6.07, 6.45) is 3.88. The largest absolute Gasteiger partial charge is 0.477 e. The Morgan fingerprint density at radius 3 is 2.94 bits per heavy atom. The predicted octanol–water partition coefficient (Wildman–Crippen LogP) is 1.15. The number of rotatable bonds is 4. The fourth-order valence-electron chi connectivity index (χ4n) is 1.84. The molecule has 5 heteroatoms. The SMILES string of the molecule is N#CCOc1ccc(NC2CCNCC2)nc1. The van der Waals surface area contributed by atoms with Crippen molar-refractivity contribution in [2.45, 2.75) is 18.9 Å². The van der Waals surface area contributed by atoms with Crippen molar-refractivity contribution in [2.75, 3.05) is 25.0 Å². The lowest BCUT2D eigenvalue weighted by molar-refractivity contribution is 0.366. The minimum Gasteiger partial charge on any atom is -0.477 e. The molecule has 1 aromatic heterocycles. The van der Waals surface area contributed by atoms with Gasteiger partial charge in [0, 0.05) is 6.04 Å². The van der Waals surface area contributed by atoms with E-state index in [0.29, 0.717) is 11.8 Å². The molecule has 1 aromatic rings. The van der Waals surface area contributed by atoms with Crippen LogP contribution in [0.2, 0.25) is 0 Å². The van der Waals surface area contributed by atoms with Gasteiger partial charge in [-0.05, 0) is 38.1 Å². The second-order valence-corrected chi connectivity index (χ2v) is 3.99. The molecule has 90 valence electrons. The van der Waals surface area contributed by atoms with Crippen molar-refractivity contribution in [1.29, 1.82) is 5.26 Å². The van der Waals surface area contributed by atoms with Gasteiger partial charge in [0.2, 0.25) is 0 Å². The van der Waals surface area contributed by atoms with Crippen molar-refractivity contribution in [3.8, 4) is 11.8 Å². The Bertz CT molecular complexity index is 378. The van der Waals surface area contributed by atoms with Crippen molar-refractivity contribution < 1.29 is 4.74 Å². The number of anilines is 1. The summed E-state index contributed by atoms with van der Waals surface area (Å²) >= 11 is 0. The van der Waals surface area contributed by atoms with Gasteiger partial charge in [0.1, 0.15) is 17.6 Å². The van der Waals surface area contributed by atoms with Gasteiger partial charge in [-0.2, -0.15) is 5.26 Å². The summed E-state index contributed by atoms with van der Waals surface area (Å²) in [6.45, 7) is 2.17. The molecule has 17 heavy (non-hydrogen) atoms. The molecule has 0 bridgehead atoms. The standard InChI is InChI=1S/C12H16N4O/c13-5-8-17-11-1-2-12(15-9-11)16-10-3-6-14-7-4-10/h1-2,9-10,14H,3-4,6-8H2,(H,15,16). The summed E-state index contributed by atoms with van der Waals surface area (Å²) in [7, 11) is 0. The monoisotopic (exact) mass is 232 g/mol. The second kappa shape index (κ2) is 6.06. The van der Waals surface area contributed by atoms with Crippen molar-refractivity contribution >= 4 is 5.82 Å². The summed E-state index contributed by atoms with van der Waals surface area (Å²) < 4.78 is 5.14. The predicted molar refractivity (Wildman–Crippen MR) is 64.9 cm³/mol. The van der Waals surface area contributed by atoms with E-state index in [1.807, 2.05) is 18.2 Å². The summed E-state index contributed by atoms with van der Waals surface area (Å²) in [4.78, 5) is 4.26. The number of aromatic nitrogens is 1. The maximum absolute atomic E-state index is 8.38. The van der Waals surface area contributed by atoms with Gasteiger partial charge in [-0.15, -0.1) is 0 Å². The molecular formula is C12H16N4O. The smallest absolute Gasteiger partial charge is 0.174 e. The van der Waals surface area contributed by atoms with Crippen LogP contribution < -0.4 is 15.4 Å². The molecule has 0 radical (unpaired) electrons. The van der Waals surface area contributed by atoms with E-state index in [1.54, 1.807) is 6.20 Å². The van der Waals surface area contributed by atoms with E-state index in [1.165, 1.54) is 0 Å². The average Bonchev–Trinajstić information content (AvgIpc) is 2.39. The van der Waals surface area contributed by atoms with Gasteiger partial charge in [-0.25, -0.2) is 4.98 Å². The first kappa shape index (κ1) is 11.7. The Balaban J connectivity index is 1.86. The molecule has 0 atom stereocenters. The first-order valence-corrected chi connectivity index (χ1v) is 5.81. The molecule has 0 spiro atoms. The van der Waals surface area contributed by atoms with Crippen molar-refractivity contribution in [1.82, 2.24) is 10.3 Å². The Morgan fingerprint density at radius 2 is 2.29 bits per heavy atom. The molecule has 0 saturated carbocycles. The second-order valence-electron chi connectivity index (χ2n) is 3.99. The molecule has 1 aliphatic heterocycles. The maximum Gasteiger partial charge on any atom is 0.174 e. The van der Waals surface area contributed by atoms with Gasteiger partial charge < -0.3 is 15.4 Å². The highest BCUT2D eigenvalue weighted by molar-refractivity contribution is 5.38. The number of nitrogens with one attached hydrogen (secondary N) is 2. The van der Waals surface area contributed by atoms with Crippen LogP contribution in [0.4, 0.5) is 5.82 Å². The van der Waals surface area contributed by atoms with Crippen LogP contribution in [0.5, 0.6) is 5.75 Å². The fraction of sp³-hybridized carbons (Fsp3) is 0.500. The molecular weight excluding hydrogens is 216 g/mol. The summed E-state index contributed by atoms with van der Waals surface area (Å²) in [5, 5.41) is 15.1. The number of hydrogen-bond acceptors (Lipinski definition) is 5. The van der Waals surface area contributed by atoms with Crippen molar-refractivity contribution in [3.63, 3.8) is 0 Å². The topological polar surface area (TPSA) is 70.0 Å². The van der Waals surface area contributed by atoms with Gasteiger partial charge in [-0.3, -0.25) is 0 Å². The fourth-order valence-corrected chi connectivity index (χ4v) is 1.84. The summed E-state index contributed by atoms with van der Waals surface area (Å²) in [6, 6.07) is 6.13. The van der Waals surface area contributed by atoms with Crippen LogP contribution in [0.3, 0.4) is 0 Å². The average molecular weight is 232 g/mol. The van der Waals surface area contributed by atoms with Crippen LogP contribution >= 0.6 is 0 Å². The molecule has 1 aliphatic rings. The zero-order chi connectivity index (χ0) is 11.9. The molecule has 1 fully saturated rings.